The maximum Gasteiger partial charge on any atom is 0.252 e. The van der Waals surface area contributed by atoms with E-state index in [1.54, 1.807) is 6.20 Å². The molecule has 2 amide bonds. The first-order chi connectivity index (χ1) is 16.5. The molecule has 1 aromatic heterocycles. The molecule has 8 heteroatoms. The number of ether oxygens (including phenoxy) is 1. The zero-order valence-corrected chi connectivity index (χ0v) is 19.9. The van der Waals surface area contributed by atoms with Crippen LogP contribution in [0.1, 0.15) is 57.5 Å². The van der Waals surface area contributed by atoms with Crippen molar-refractivity contribution in [2.75, 3.05) is 31.6 Å². The number of rotatable bonds is 7. The quantitative estimate of drug-likeness (QED) is 0.545. The lowest BCUT2D eigenvalue weighted by Gasteiger charge is -2.40. The zero-order chi connectivity index (χ0) is 23.7. The Bertz CT molecular complexity index is 1060. The first-order valence-corrected chi connectivity index (χ1v) is 12.3. The van der Waals surface area contributed by atoms with Crippen molar-refractivity contribution in [1.29, 1.82) is 0 Å². The number of nitrogens with zero attached hydrogens (tertiary/aromatic N) is 2. The number of hydrogen-bond acceptors (Lipinski definition) is 6. The second-order valence-corrected chi connectivity index (χ2v) is 9.52. The first-order valence-electron chi connectivity index (χ1n) is 12.3. The molecule has 34 heavy (non-hydrogen) atoms. The Morgan fingerprint density at radius 3 is 2.59 bits per heavy atom. The van der Waals surface area contributed by atoms with Crippen LogP contribution in [0.5, 0.6) is 5.75 Å². The van der Waals surface area contributed by atoms with Crippen LogP contribution in [0.3, 0.4) is 0 Å². The minimum atomic E-state index is -0.106. The third kappa shape index (κ3) is 4.34. The summed E-state index contributed by atoms with van der Waals surface area (Å²) in [5.74, 6) is 1.68. The molecule has 2 bridgehead atoms. The maximum atomic E-state index is 13.1. The number of amides is 2. The predicted molar refractivity (Wildman–Crippen MR) is 131 cm³/mol. The van der Waals surface area contributed by atoms with Crippen LogP contribution in [0.15, 0.2) is 30.5 Å². The van der Waals surface area contributed by atoms with Gasteiger partial charge in [0.05, 0.1) is 12.2 Å². The van der Waals surface area contributed by atoms with Crippen LogP contribution in [0.2, 0.25) is 0 Å². The molecule has 1 aromatic carbocycles. The molecule has 4 heterocycles. The van der Waals surface area contributed by atoms with Gasteiger partial charge in [-0.15, -0.1) is 0 Å². The van der Waals surface area contributed by atoms with E-state index in [1.165, 1.54) is 5.56 Å². The third-order valence-electron chi connectivity index (χ3n) is 7.35. The summed E-state index contributed by atoms with van der Waals surface area (Å²) in [6.45, 7) is 3.98. The Kier molecular flexibility index (Phi) is 6.41. The predicted octanol–water partition coefficient (Wildman–Crippen LogP) is 2.20. The van der Waals surface area contributed by atoms with E-state index in [1.807, 2.05) is 38.2 Å². The van der Waals surface area contributed by atoms with Gasteiger partial charge in [-0.3, -0.25) is 9.59 Å². The minimum Gasteiger partial charge on any atom is -0.493 e. The lowest BCUT2D eigenvalue weighted by Crippen LogP contribution is -2.50. The molecule has 3 aliphatic rings. The summed E-state index contributed by atoms with van der Waals surface area (Å²) in [6, 6.07) is 8.59. The Morgan fingerprint density at radius 1 is 1.09 bits per heavy atom. The van der Waals surface area contributed by atoms with E-state index in [-0.39, 0.29) is 17.9 Å². The molecule has 2 aromatic rings. The van der Waals surface area contributed by atoms with Gasteiger partial charge in [0, 0.05) is 55.0 Å². The van der Waals surface area contributed by atoms with Gasteiger partial charge in [-0.2, -0.15) is 0 Å². The van der Waals surface area contributed by atoms with Crippen LogP contribution in [0.25, 0.3) is 0 Å². The monoisotopic (exact) mass is 463 g/mol. The fourth-order valence-electron chi connectivity index (χ4n) is 5.66. The van der Waals surface area contributed by atoms with Crippen molar-refractivity contribution >= 4 is 17.6 Å². The summed E-state index contributed by atoms with van der Waals surface area (Å²) in [5.41, 5.74) is 3.41. The molecule has 0 spiro atoms. The standard InChI is InChI=1S/C26H33N5O3/c1-16-22(7-3-17-9-12-34-24(16)17)26(33)30-19-13-20-5-6-21(14-19)31(20)23-8-4-18(15-29-23)25(32)28-11-10-27-2/h3-4,7-8,15,19-21,27H,5-6,9-14H2,1-2H3,(H,28,32)(H,30,33). The molecular formula is C26H33N5O3. The summed E-state index contributed by atoms with van der Waals surface area (Å²) in [6.07, 6.45) is 6.56. The number of carbonyl (C=O) groups is 2. The van der Waals surface area contributed by atoms with Crippen molar-refractivity contribution in [2.45, 2.75) is 57.2 Å². The number of carbonyl (C=O) groups excluding carboxylic acids is 2. The number of anilines is 1. The Labute approximate surface area is 200 Å². The molecule has 0 aliphatic carbocycles. The molecule has 2 fully saturated rings. The molecule has 5 rings (SSSR count). The van der Waals surface area contributed by atoms with E-state index in [4.69, 9.17) is 4.74 Å². The molecule has 0 saturated carbocycles. The van der Waals surface area contributed by atoms with Gasteiger partial charge in [-0.25, -0.2) is 4.98 Å². The van der Waals surface area contributed by atoms with E-state index in [2.05, 4.69) is 25.8 Å². The van der Waals surface area contributed by atoms with Crippen molar-refractivity contribution in [1.82, 2.24) is 20.9 Å². The van der Waals surface area contributed by atoms with Gasteiger partial charge in [0.25, 0.3) is 11.8 Å². The number of hydrogen-bond donors (Lipinski definition) is 3. The summed E-state index contributed by atoms with van der Waals surface area (Å²) in [4.78, 5) is 32.3. The molecule has 3 aliphatic heterocycles. The van der Waals surface area contributed by atoms with Crippen LogP contribution in [0, 0.1) is 6.92 Å². The van der Waals surface area contributed by atoms with Crippen LogP contribution < -0.4 is 25.6 Å². The van der Waals surface area contributed by atoms with Crippen LogP contribution >= 0.6 is 0 Å². The molecule has 2 atom stereocenters. The normalized spacial score (nSPS) is 22.8. The second-order valence-electron chi connectivity index (χ2n) is 9.52. The second kappa shape index (κ2) is 9.62. The van der Waals surface area contributed by atoms with Gasteiger partial charge in [-0.05, 0) is 63.4 Å². The number of benzene rings is 1. The number of piperidine rings is 1. The number of pyridine rings is 1. The van der Waals surface area contributed by atoms with E-state index < -0.39 is 0 Å². The smallest absolute Gasteiger partial charge is 0.252 e. The Balaban J connectivity index is 1.22. The fraction of sp³-hybridized carbons (Fsp3) is 0.500. The highest BCUT2D eigenvalue weighted by molar-refractivity contribution is 5.96. The van der Waals surface area contributed by atoms with Gasteiger partial charge in [0.1, 0.15) is 11.6 Å². The van der Waals surface area contributed by atoms with E-state index in [9.17, 15) is 9.59 Å². The van der Waals surface area contributed by atoms with Crippen LogP contribution in [0.4, 0.5) is 5.82 Å². The molecule has 0 radical (unpaired) electrons. The van der Waals surface area contributed by atoms with Gasteiger partial charge in [0.2, 0.25) is 0 Å². The molecule has 8 nitrogen and oxygen atoms in total. The molecule has 180 valence electrons. The SMILES string of the molecule is CNCCNC(=O)c1ccc(N2C3CCC2CC(NC(=O)c2ccc4c(c2C)OCC4)C3)nc1. The summed E-state index contributed by atoms with van der Waals surface area (Å²) >= 11 is 0. The fourth-order valence-corrected chi connectivity index (χ4v) is 5.66. The van der Waals surface area contributed by atoms with Crippen molar-refractivity contribution in [3.8, 4) is 5.75 Å². The van der Waals surface area contributed by atoms with Gasteiger partial charge in [-0.1, -0.05) is 6.07 Å². The lowest BCUT2D eigenvalue weighted by atomic mass is 9.96. The Hall–Kier alpha value is -3.13. The van der Waals surface area contributed by atoms with Crippen LogP contribution in [-0.2, 0) is 6.42 Å². The van der Waals surface area contributed by atoms with Crippen molar-refractivity contribution in [2.24, 2.45) is 0 Å². The first kappa shape index (κ1) is 22.7. The highest BCUT2D eigenvalue weighted by Gasteiger charge is 2.42. The summed E-state index contributed by atoms with van der Waals surface area (Å²) in [7, 11) is 1.86. The molecule has 2 unspecified atom stereocenters. The average Bonchev–Trinajstić information content (AvgIpc) is 3.42. The number of likely N-dealkylation sites (N-methyl/N-ethyl adjacent to an activating group) is 1. The highest BCUT2D eigenvalue weighted by atomic mass is 16.5. The van der Waals surface area contributed by atoms with E-state index in [0.29, 0.717) is 36.4 Å². The lowest BCUT2D eigenvalue weighted by molar-refractivity contribution is 0.0924. The minimum absolute atomic E-state index is 0.0135. The third-order valence-corrected chi connectivity index (χ3v) is 7.35. The molecule has 2 saturated heterocycles. The van der Waals surface area contributed by atoms with Gasteiger partial charge < -0.3 is 25.6 Å². The number of aromatic nitrogens is 1. The van der Waals surface area contributed by atoms with Crippen molar-refractivity contribution in [3.05, 3.63) is 52.7 Å². The van der Waals surface area contributed by atoms with Crippen molar-refractivity contribution in [3.63, 3.8) is 0 Å². The topological polar surface area (TPSA) is 95.6 Å². The maximum absolute atomic E-state index is 13.1. The Morgan fingerprint density at radius 2 is 1.88 bits per heavy atom. The largest absolute Gasteiger partial charge is 0.493 e. The van der Waals surface area contributed by atoms with Crippen LogP contribution in [-0.4, -0.2) is 61.7 Å². The number of nitrogens with one attached hydrogen (secondary N) is 3. The average molecular weight is 464 g/mol. The van der Waals surface area contributed by atoms with E-state index in [0.717, 1.165) is 55.8 Å². The summed E-state index contributed by atoms with van der Waals surface area (Å²) < 4.78 is 5.74. The van der Waals surface area contributed by atoms with Gasteiger partial charge in [0.15, 0.2) is 0 Å². The van der Waals surface area contributed by atoms with Gasteiger partial charge >= 0.3 is 0 Å². The van der Waals surface area contributed by atoms with Crippen molar-refractivity contribution < 1.29 is 14.3 Å². The van der Waals surface area contributed by atoms with E-state index >= 15 is 0 Å². The molecule has 3 N–H and O–H groups in total. The highest BCUT2D eigenvalue weighted by Crippen LogP contribution is 2.39. The summed E-state index contributed by atoms with van der Waals surface area (Å²) in [5, 5.41) is 9.18. The molecular weight excluding hydrogens is 430 g/mol. The number of fused-ring (bicyclic) bond motifs is 3. The zero-order valence-electron chi connectivity index (χ0n) is 19.9.